The van der Waals surface area contributed by atoms with Crippen molar-refractivity contribution in [3.8, 4) is 0 Å². The van der Waals surface area contributed by atoms with E-state index in [-0.39, 0.29) is 24.3 Å². The average Bonchev–Trinajstić information content (AvgIpc) is 2.92. The van der Waals surface area contributed by atoms with Gasteiger partial charge in [0.15, 0.2) is 0 Å². The fourth-order valence-corrected chi connectivity index (χ4v) is 2.98. The maximum absolute atomic E-state index is 12.0. The van der Waals surface area contributed by atoms with Crippen LogP contribution in [0.5, 0.6) is 0 Å². The molecule has 130 valence electrons. The molecular weight excluding hydrogens is 298 g/mol. The van der Waals surface area contributed by atoms with Crippen molar-refractivity contribution < 1.29 is 19.2 Å². The summed E-state index contributed by atoms with van der Waals surface area (Å²) in [5, 5.41) is 13.8. The zero-order chi connectivity index (χ0) is 17.3. The summed E-state index contributed by atoms with van der Waals surface area (Å²) in [6, 6.07) is 1.81. The number of hydrogen-bond acceptors (Lipinski definition) is 5. The molecule has 2 rings (SSSR count). The Bertz CT molecular complexity index is 493. The van der Waals surface area contributed by atoms with Gasteiger partial charge < -0.3 is 19.8 Å². The Balaban J connectivity index is 0.000000816. The van der Waals surface area contributed by atoms with Gasteiger partial charge in [0.1, 0.15) is 5.76 Å². The van der Waals surface area contributed by atoms with Gasteiger partial charge in [0, 0.05) is 18.2 Å². The van der Waals surface area contributed by atoms with Crippen molar-refractivity contribution in [2.75, 3.05) is 20.6 Å². The lowest BCUT2D eigenvalue weighted by molar-refractivity contribution is -0.123. The summed E-state index contributed by atoms with van der Waals surface area (Å²) >= 11 is 0. The number of nitrogens with zero attached hydrogens (tertiary/aromatic N) is 2. The molecule has 1 amide bonds. The van der Waals surface area contributed by atoms with Crippen molar-refractivity contribution in [1.29, 1.82) is 0 Å². The van der Waals surface area contributed by atoms with Crippen LogP contribution >= 0.6 is 0 Å². The largest absolute Gasteiger partial charge is 0.483 e. The van der Waals surface area contributed by atoms with Crippen LogP contribution in [0.4, 0.5) is 0 Å². The van der Waals surface area contributed by atoms with E-state index in [2.05, 4.69) is 29.5 Å². The zero-order valence-electron chi connectivity index (χ0n) is 14.2. The van der Waals surface area contributed by atoms with Crippen LogP contribution in [0.1, 0.15) is 43.6 Å². The molecule has 1 heterocycles. The lowest BCUT2D eigenvalue weighted by atomic mass is 9.80. The van der Waals surface area contributed by atoms with Gasteiger partial charge in [-0.2, -0.15) is 0 Å². The van der Waals surface area contributed by atoms with Gasteiger partial charge in [-0.1, -0.05) is 24.4 Å². The van der Waals surface area contributed by atoms with E-state index in [1.54, 1.807) is 0 Å². The molecule has 23 heavy (non-hydrogen) atoms. The molecule has 2 N–H and O–H groups in total. The lowest BCUT2D eigenvalue weighted by Gasteiger charge is -2.43. The van der Waals surface area contributed by atoms with Crippen LogP contribution in [0.2, 0.25) is 0 Å². The van der Waals surface area contributed by atoms with Crippen LogP contribution in [-0.4, -0.2) is 53.7 Å². The minimum absolute atomic E-state index is 0.00736. The first-order valence-corrected chi connectivity index (χ1v) is 7.88. The highest BCUT2D eigenvalue weighted by Crippen LogP contribution is 2.31. The standard InChI is InChI=1S/C15H25N3O2.CH2O2/c1-12-9-13(20-17-12)10-14(19)16-11-15(18(2)3)7-5-4-6-8-15;2-1-3/h9H,4-8,10-11H2,1-3H3,(H,16,19);1H,(H,2,3). The topological polar surface area (TPSA) is 95.7 Å². The molecule has 1 aliphatic carbocycles. The van der Waals surface area contributed by atoms with Gasteiger partial charge in [-0.25, -0.2) is 0 Å². The van der Waals surface area contributed by atoms with Crippen molar-refractivity contribution in [2.45, 2.75) is 51.0 Å². The van der Waals surface area contributed by atoms with Crippen LogP contribution in [-0.2, 0) is 16.0 Å². The minimum atomic E-state index is -0.250. The van der Waals surface area contributed by atoms with Crippen molar-refractivity contribution in [3.63, 3.8) is 0 Å². The van der Waals surface area contributed by atoms with Crippen molar-refractivity contribution in [2.24, 2.45) is 0 Å². The fraction of sp³-hybridized carbons (Fsp3) is 0.688. The van der Waals surface area contributed by atoms with Gasteiger partial charge in [0.25, 0.3) is 6.47 Å². The normalized spacial score (nSPS) is 16.3. The average molecular weight is 325 g/mol. The summed E-state index contributed by atoms with van der Waals surface area (Å²) in [4.78, 5) is 22.6. The van der Waals surface area contributed by atoms with Crippen LogP contribution in [0.3, 0.4) is 0 Å². The summed E-state index contributed by atoms with van der Waals surface area (Å²) in [5.74, 6) is 0.635. The molecule has 0 aliphatic heterocycles. The van der Waals surface area contributed by atoms with Gasteiger partial charge in [0.2, 0.25) is 5.91 Å². The highest BCUT2D eigenvalue weighted by Gasteiger charge is 2.34. The zero-order valence-corrected chi connectivity index (χ0v) is 14.2. The Morgan fingerprint density at radius 1 is 1.43 bits per heavy atom. The molecule has 1 fully saturated rings. The van der Waals surface area contributed by atoms with Gasteiger partial charge in [0.05, 0.1) is 12.1 Å². The third-order valence-electron chi connectivity index (χ3n) is 4.36. The molecule has 0 atom stereocenters. The van der Waals surface area contributed by atoms with Crippen LogP contribution in [0.25, 0.3) is 0 Å². The number of hydrogen-bond donors (Lipinski definition) is 2. The predicted molar refractivity (Wildman–Crippen MR) is 86.1 cm³/mol. The molecule has 0 radical (unpaired) electrons. The monoisotopic (exact) mass is 325 g/mol. The second kappa shape index (κ2) is 9.29. The second-order valence-corrected chi connectivity index (χ2v) is 6.17. The summed E-state index contributed by atoms with van der Waals surface area (Å²) in [5.41, 5.74) is 0.926. The Labute approximate surface area is 137 Å². The van der Waals surface area contributed by atoms with E-state index in [1.807, 2.05) is 13.0 Å². The number of aromatic nitrogens is 1. The molecule has 0 aromatic carbocycles. The molecule has 0 spiro atoms. The Kier molecular flexibility index (Phi) is 7.74. The smallest absolute Gasteiger partial charge is 0.290 e. The Morgan fingerprint density at radius 3 is 2.52 bits per heavy atom. The number of carboxylic acid groups (broad SMARTS) is 1. The van der Waals surface area contributed by atoms with E-state index < -0.39 is 0 Å². The number of nitrogens with one attached hydrogen (secondary N) is 1. The maximum Gasteiger partial charge on any atom is 0.290 e. The molecule has 0 unspecified atom stereocenters. The maximum atomic E-state index is 12.0. The number of rotatable bonds is 5. The molecule has 7 nitrogen and oxygen atoms in total. The highest BCUT2D eigenvalue weighted by atomic mass is 16.5. The number of likely N-dealkylation sites (N-methyl/N-ethyl adjacent to an activating group) is 1. The number of carbonyl (C=O) groups is 2. The van der Waals surface area contributed by atoms with Gasteiger partial charge in [-0.05, 0) is 33.9 Å². The summed E-state index contributed by atoms with van der Waals surface area (Å²) in [6.45, 7) is 2.32. The quantitative estimate of drug-likeness (QED) is 0.799. The summed E-state index contributed by atoms with van der Waals surface area (Å²) in [7, 11) is 4.22. The van der Waals surface area contributed by atoms with E-state index in [1.165, 1.54) is 19.3 Å². The number of carbonyl (C=O) groups excluding carboxylic acids is 1. The number of amides is 1. The summed E-state index contributed by atoms with van der Waals surface area (Å²) in [6.07, 6.45) is 6.37. The van der Waals surface area contributed by atoms with Crippen molar-refractivity contribution >= 4 is 12.4 Å². The van der Waals surface area contributed by atoms with Crippen LogP contribution in [0, 0.1) is 6.92 Å². The SMILES string of the molecule is Cc1cc(CC(=O)NCC2(N(C)C)CCCCC2)on1.O=CO. The highest BCUT2D eigenvalue weighted by molar-refractivity contribution is 5.78. The molecule has 0 bridgehead atoms. The molecule has 7 heteroatoms. The van der Waals surface area contributed by atoms with Crippen molar-refractivity contribution in [1.82, 2.24) is 15.4 Å². The van der Waals surface area contributed by atoms with E-state index in [0.717, 1.165) is 18.5 Å². The van der Waals surface area contributed by atoms with Crippen LogP contribution < -0.4 is 5.32 Å². The minimum Gasteiger partial charge on any atom is -0.483 e. The van der Waals surface area contributed by atoms with Crippen LogP contribution in [0.15, 0.2) is 10.6 Å². The first-order chi connectivity index (χ1) is 10.9. The predicted octanol–water partition coefficient (Wildman–Crippen LogP) is 1.61. The van der Waals surface area contributed by atoms with E-state index in [0.29, 0.717) is 12.3 Å². The van der Waals surface area contributed by atoms with Gasteiger partial charge in [-0.15, -0.1) is 0 Å². The molecular formula is C16H27N3O4. The number of aryl methyl sites for hydroxylation is 1. The second-order valence-electron chi connectivity index (χ2n) is 6.17. The summed E-state index contributed by atoms with van der Waals surface area (Å²) < 4.78 is 5.08. The molecule has 1 saturated carbocycles. The molecule has 1 aromatic rings. The molecule has 1 aliphatic rings. The van der Waals surface area contributed by atoms with Crippen molar-refractivity contribution in [3.05, 3.63) is 17.5 Å². The van der Waals surface area contributed by atoms with Gasteiger partial charge >= 0.3 is 0 Å². The third kappa shape index (κ3) is 6.02. The van der Waals surface area contributed by atoms with E-state index >= 15 is 0 Å². The molecule has 1 aromatic heterocycles. The Hall–Kier alpha value is -1.89. The third-order valence-corrected chi connectivity index (χ3v) is 4.36. The Morgan fingerprint density at radius 2 is 2.04 bits per heavy atom. The first-order valence-electron chi connectivity index (χ1n) is 7.88. The fourth-order valence-electron chi connectivity index (χ4n) is 2.98. The first kappa shape index (κ1) is 19.2. The molecule has 0 saturated heterocycles. The van der Waals surface area contributed by atoms with Gasteiger partial charge in [-0.3, -0.25) is 9.59 Å². The lowest BCUT2D eigenvalue weighted by Crippen LogP contribution is -2.54. The van der Waals surface area contributed by atoms with E-state index in [9.17, 15) is 4.79 Å². The van der Waals surface area contributed by atoms with E-state index in [4.69, 9.17) is 14.4 Å².